The molecule has 0 aliphatic heterocycles. The van der Waals surface area contributed by atoms with Crippen LogP contribution in [0.25, 0.3) is 0 Å². The zero-order valence-corrected chi connectivity index (χ0v) is 13.8. The SMILES string of the molecule is Nc1ccc(N=Nc2ccc(S(=O)(=O)O)cc2)c2c1CC(C(=O)O)C2. The minimum atomic E-state index is -4.26. The van der Waals surface area contributed by atoms with Crippen LogP contribution < -0.4 is 5.73 Å². The molecular formula is C16H15N3O5S. The van der Waals surface area contributed by atoms with E-state index in [0.717, 1.165) is 11.1 Å². The smallest absolute Gasteiger partial charge is 0.307 e. The Balaban J connectivity index is 1.89. The number of carboxylic acid groups (broad SMARTS) is 1. The molecule has 0 heterocycles. The van der Waals surface area contributed by atoms with Gasteiger partial charge in [-0.3, -0.25) is 9.35 Å². The summed E-state index contributed by atoms with van der Waals surface area (Å²) in [6.45, 7) is 0. The van der Waals surface area contributed by atoms with Crippen molar-refractivity contribution in [3.8, 4) is 0 Å². The van der Waals surface area contributed by atoms with Crippen molar-refractivity contribution >= 4 is 33.1 Å². The normalized spacial score (nSPS) is 16.9. The average Bonchev–Trinajstić information content (AvgIpc) is 3.00. The van der Waals surface area contributed by atoms with Crippen molar-refractivity contribution in [3.63, 3.8) is 0 Å². The van der Waals surface area contributed by atoms with E-state index < -0.39 is 22.0 Å². The maximum Gasteiger partial charge on any atom is 0.307 e. The van der Waals surface area contributed by atoms with Gasteiger partial charge in [0.1, 0.15) is 0 Å². The Labute approximate surface area is 143 Å². The van der Waals surface area contributed by atoms with Crippen LogP contribution in [0.1, 0.15) is 11.1 Å². The Morgan fingerprint density at radius 3 is 2.28 bits per heavy atom. The van der Waals surface area contributed by atoms with E-state index in [1.807, 2.05) is 0 Å². The predicted molar refractivity (Wildman–Crippen MR) is 89.8 cm³/mol. The van der Waals surface area contributed by atoms with E-state index in [4.69, 9.17) is 10.3 Å². The van der Waals surface area contributed by atoms with Crippen LogP contribution in [0.3, 0.4) is 0 Å². The molecule has 0 bridgehead atoms. The van der Waals surface area contributed by atoms with Crippen molar-refractivity contribution in [2.75, 3.05) is 5.73 Å². The van der Waals surface area contributed by atoms with Crippen LogP contribution in [0.2, 0.25) is 0 Å². The van der Waals surface area contributed by atoms with Gasteiger partial charge in [0.15, 0.2) is 0 Å². The summed E-state index contributed by atoms with van der Waals surface area (Å²) in [5, 5.41) is 17.4. The monoisotopic (exact) mass is 361 g/mol. The fourth-order valence-corrected chi connectivity index (χ4v) is 3.28. The molecule has 8 nitrogen and oxygen atoms in total. The molecule has 2 aromatic carbocycles. The van der Waals surface area contributed by atoms with E-state index >= 15 is 0 Å². The maximum absolute atomic E-state index is 11.2. The molecule has 1 aliphatic carbocycles. The molecule has 25 heavy (non-hydrogen) atoms. The predicted octanol–water partition coefficient (Wildman–Crippen LogP) is 2.73. The number of azo groups is 1. The minimum absolute atomic E-state index is 0.232. The highest BCUT2D eigenvalue weighted by Crippen LogP contribution is 2.38. The first-order valence-electron chi connectivity index (χ1n) is 7.38. The van der Waals surface area contributed by atoms with Crippen molar-refractivity contribution in [2.45, 2.75) is 17.7 Å². The van der Waals surface area contributed by atoms with Gasteiger partial charge >= 0.3 is 5.97 Å². The summed E-state index contributed by atoms with van der Waals surface area (Å²) in [6, 6.07) is 8.59. The van der Waals surface area contributed by atoms with Crippen LogP contribution in [0.4, 0.5) is 17.1 Å². The Bertz CT molecular complexity index is 968. The molecule has 0 amide bonds. The Morgan fingerprint density at radius 2 is 1.68 bits per heavy atom. The molecule has 1 aliphatic rings. The van der Waals surface area contributed by atoms with Crippen LogP contribution >= 0.6 is 0 Å². The molecule has 3 rings (SSSR count). The number of benzene rings is 2. The first-order chi connectivity index (χ1) is 11.8. The van der Waals surface area contributed by atoms with Crippen molar-refractivity contribution in [1.29, 1.82) is 0 Å². The fraction of sp³-hybridized carbons (Fsp3) is 0.188. The first kappa shape index (κ1) is 17.1. The number of fused-ring (bicyclic) bond motifs is 1. The third-order valence-electron chi connectivity index (χ3n) is 4.10. The summed E-state index contributed by atoms with van der Waals surface area (Å²) in [5.74, 6) is -1.40. The van der Waals surface area contributed by atoms with Gasteiger partial charge in [0.2, 0.25) is 0 Å². The largest absolute Gasteiger partial charge is 0.481 e. The number of hydrogen-bond acceptors (Lipinski definition) is 6. The topological polar surface area (TPSA) is 142 Å². The summed E-state index contributed by atoms with van der Waals surface area (Å²) in [6.07, 6.45) is 0.703. The number of nitrogens with zero attached hydrogens (tertiary/aromatic N) is 2. The van der Waals surface area contributed by atoms with Gasteiger partial charge in [0.05, 0.1) is 22.2 Å². The number of nitrogen functional groups attached to an aromatic ring is 1. The number of aliphatic carboxylic acids is 1. The van der Waals surface area contributed by atoms with Gasteiger partial charge in [-0.25, -0.2) is 0 Å². The van der Waals surface area contributed by atoms with Gasteiger partial charge in [-0.15, -0.1) is 0 Å². The zero-order valence-electron chi connectivity index (χ0n) is 13.0. The van der Waals surface area contributed by atoms with Gasteiger partial charge in [0, 0.05) is 5.69 Å². The van der Waals surface area contributed by atoms with Gasteiger partial charge in [-0.2, -0.15) is 18.6 Å². The van der Waals surface area contributed by atoms with E-state index in [-0.39, 0.29) is 4.90 Å². The summed E-state index contributed by atoms with van der Waals surface area (Å²) in [5.41, 5.74) is 8.94. The fourth-order valence-electron chi connectivity index (χ4n) is 2.80. The molecule has 1 atom stereocenters. The minimum Gasteiger partial charge on any atom is -0.481 e. The van der Waals surface area contributed by atoms with Crippen LogP contribution in [0, 0.1) is 5.92 Å². The number of anilines is 1. The zero-order chi connectivity index (χ0) is 18.2. The summed E-state index contributed by atoms with van der Waals surface area (Å²) in [4.78, 5) is 11.0. The summed E-state index contributed by atoms with van der Waals surface area (Å²) < 4.78 is 31.0. The standard InChI is InChI=1S/C16H15N3O5S/c17-14-5-6-15(13-8-9(16(20)21)7-12(13)14)19-18-10-1-3-11(4-2-10)25(22,23)24/h1-6,9H,7-8,17H2,(H,20,21)(H,22,23,24). The van der Waals surface area contributed by atoms with E-state index in [1.165, 1.54) is 24.3 Å². The molecule has 2 aromatic rings. The van der Waals surface area contributed by atoms with E-state index in [9.17, 15) is 18.3 Å². The third kappa shape index (κ3) is 3.52. The lowest BCUT2D eigenvalue weighted by molar-refractivity contribution is -0.141. The molecule has 0 saturated carbocycles. The second kappa shape index (κ2) is 6.26. The van der Waals surface area contributed by atoms with Gasteiger partial charge in [-0.05, 0) is 60.4 Å². The number of carbonyl (C=O) groups is 1. The second-order valence-electron chi connectivity index (χ2n) is 5.74. The van der Waals surface area contributed by atoms with Crippen molar-refractivity contribution in [1.82, 2.24) is 0 Å². The average molecular weight is 361 g/mol. The molecule has 9 heteroatoms. The Kier molecular flexibility index (Phi) is 4.27. The molecule has 0 radical (unpaired) electrons. The molecule has 0 fully saturated rings. The number of carboxylic acids is 1. The highest BCUT2D eigenvalue weighted by molar-refractivity contribution is 7.85. The lowest BCUT2D eigenvalue weighted by Gasteiger charge is -2.05. The summed E-state index contributed by atoms with van der Waals surface area (Å²) >= 11 is 0. The van der Waals surface area contributed by atoms with Crippen LogP contribution in [0.5, 0.6) is 0 Å². The van der Waals surface area contributed by atoms with Crippen LogP contribution in [-0.4, -0.2) is 24.0 Å². The van der Waals surface area contributed by atoms with Crippen molar-refractivity contribution < 1.29 is 22.9 Å². The lowest BCUT2D eigenvalue weighted by atomic mass is 10.1. The molecule has 0 spiro atoms. The van der Waals surface area contributed by atoms with E-state index in [0.29, 0.717) is 29.9 Å². The number of nitrogens with two attached hydrogens (primary N) is 1. The number of hydrogen-bond donors (Lipinski definition) is 3. The Hall–Kier alpha value is -2.78. The quantitative estimate of drug-likeness (QED) is 0.434. The van der Waals surface area contributed by atoms with Crippen molar-refractivity contribution in [2.24, 2.45) is 16.1 Å². The van der Waals surface area contributed by atoms with Gasteiger partial charge in [-0.1, -0.05) is 0 Å². The van der Waals surface area contributed by atoms with Crippen molar-refractivity contribution in [3.05, 3.63) is 47.5 Å². The highest BCUT2D eigenvalue weighted by Gasteiger charge is 2.30. The molecule has 0 aromatic heterocycles. The summed E-state index contributed by atoms with van der Waals surface area (Å²) in [7, 11) is -4.26. The van der Waals surface area contributed by atoms with Crippen LogP contribution in [-0.2, 0) is 27.8 Å². The van der Waals surface area contributed by atoms with E-state index in [1.54, 1.807) is 12.1 Å². The number of rotatable bonds is 4. The molecule has 130 valence electrons. The van der Waals surface area contributed by atoms with E-state index in [2.05, 4.69) is 10.2 Å². The molecular weight excluding hydrogens is 346 g/mol. The van der Waals surface area contributed by atoms with Gasteiger partial charge in [0.25, 0.3) is 10.1 Å². The highest BCUT2D eigenvalue weighted by atomic mass is 32.2. The Morgan fingerprint density at radius 1 is 1.04 bits per heavy atom. The lowest BCUT2D eigenvalue weighted by Crippen LogP contribution is -2.13. The van der Waals surface area contributed by atoms with Crippen LogP contribution in [0.15, 0.2) is 51.5 Å². The molecule has 1 unspecified atom stereocenters. The van der Waals surface area contributed by atoms with Gasteiger partial charge < -0.3 is 10.8 Å². The molecule has 4 N–H and O–H groups in total. The third-order valence-corrected chi connectivity index (χ3v) is 4.97. The first-order valence-corrected chi connectivity index (χ1v) is 8.82. The molecule has 0 saturated heterocycles. The maximum atomic E-state index is 11.2. The second-order valence-corrected chi connectivity index (χ2v) is 7.16.